The third-order valence-electron chi connectivity index (χ3n) is 1.86. The van der Waals surface area contributed by atoms with Gasteiger partial charge in [-0.3, -0.25) is 0 Å². The average molecular weight is 292 g/mol. The van der Waals surface area contributed by atoms with E-state index in [9.17, 15) is 0 Å². The molecule has 1 aromatic rings. The summed E-state index contributed by atoms with van der Waals surface area (Å²) < 4.78 is 3.12. The van der Waals surface area contributed by atoms with Crippen molar-refractivity contribution in [1.82, 2.24) is 0 Å². The third kappa shape index (κ3) is 2.69. The molecular weight excluding hydrogens is 280 g/mol. The molecule has 2 rings (SSSR count). The van der Waals surface area contributed by atoms with Gasteiger partial charge < -0.3 is 0 Å². The zero-order valence-electron chi connectivity index (χ0n) is 7.12. The van der Waals surface area contributed by atoms with Crippen LogP contribution in [0.3, 0.4) is 0 Å². The minimum atomic E-state index is 0.143. The van der Waals surface area contributed by atoms with Crippen LogP contribution in [0.15, 0.2) is 24.3 Å². The molecule has 1 unspecified atom stereocenters. The van der Waals surface area contributed by atoms with Gasteiger partial charge in [0.15, 0.2) is 0 Å². The first-order chi connectivity index (χ1) is 5.84. The molecular formula is C10H12STe. The fourth-order valence-corrected chi connectivity index (χ4v) is 5.44. The molecule has 64 valence electrons. The quantitative estimate of drug-likeness (QED) is 0.605. The molecule has 0 bridgehead atoms. The van der Waals surface area contributed by atoms with Crippen molar-refractivity contribution in [1.29, 1.82) is 0 Å². The van der Waals surface area contributed by atoms with Crippen LogP contribution in [0.5, 0.6) is 0 Å². The number of rotatable bonds is 3. The third-order valence-corrected chi connectivity index (χ3v) is 6.84. The fraction of sp³-hybridized carbons (Fsp3) is 0.400. The van der Waals surface area contributed by atoms with E-state index >= 15 is 0 Å². The molecule has 12 heavy (non-hydrogen) atoms. The van der Waals surface area contributed by atoms with Crippen molar-refractivity contribution in [3.8, 4) is 0 Å². The Balaban J connectivity index is 1.89. The number of aryl methyl sites for hydroxylation is 1. The average Bonchev–Trinajstić information content (AvgIpc) is 2.87. The van der Waals surface area contributed by atoms with Crippen molar-refractivity contribution in [2.75, 3.05) is 5.75 Å². The Morgan fingerprint density at radius 2 is 2.08 bits per heavy atom. The molecule has 1 atom stereocenters. The summed E-state index contributed by atoms with van der Waals surface area (Å²) in [7, 11) is 0. The second kappa shape index (κ2) is 4.05. The maximum atomic E-state index is 2.31. The molecule has 0 aromatic heterocycles. The molecule has 2 heteroatoms. The molecule has 0 saturated carbocycles. The minimum absolute atomic E-state index is 0.143. The monoisotopic (exact) mass is 294 g/mol. The Hall–Kier alpha value is 0.360. The van der Waals surface area contributed by atoms with Crippen LogP contribution in [0.25, 0.3) is 0 Å². The summed E-state index contributed by atoms with van der Waals surface area (Å²) in [5, 5.41) is 1.04. The molecule has 1 fully saturated rings. The van der Waals surface area contributed by atoms with Crippen LogP contribution >= 0.6 is 11.8 Å². The van der Waals surface area contributed by atoms with Crippen LogP contribution in [0.1, 0.15) is 5.56 Å². The van der Waals surface area contributed by atoms with E-state index in [1.165, 1.54) is 15.8 Å². The predicted molar refractivity (Wildman–Crippen MR) is 57.6 cm³/mol. The van der Waals surface area contributed by atoms with E-state index in [1.807, 2.05) is 0 Å². The van der Waals surface area contributed by atoms with Gasteiger partial charge in [0.2, 0.25) is 0 Å². The summed E-state index contributed by atoms with van der Waals surface area (Å²) >= 11 is 2.27. The van der Waals surface area contributed by atoms with Crippen LogP contribution in [0.4, 0.5) is 0 Å². The number of benzene rings is 1. The van der Waals surface area contributed by atoms with E-state index < -0.39 is 0 Å². The molecule has 1 saturated heterocycles. The van der Waals surface area contributed by atoms with Crippen LogP contribution in [0.2, 0.25) is 4.47 Å². The van der Waals surface area contributed by atoms with E-state index in [0.29, 0.717) is 0 Å². The SMILES string of the molecule is Cc1ccc([Te]CC2CS2)cc1. The van der Waals surface area contributed by atoms with Gasteiger partial charge in [-0.2, -0.15) is 0 Å². The van der Waals surface area contributed by atoms with Crippen LogP contribution in [0, 0.1) is 6.92 Å². The summed E-state index contributed by atoms with van der Waals surface area (Å²) in [5.74, 6) is 1.43. The van der Waals surface area contributed by atoms with Gasteiger partial charge >= 0.3 is 88.5 Å². The Kier molecular flexibility index (Phi) is 3.01. The standard InChI is InChI=1S/C10H12STe/c1-8-2-4-10(5-3-8)12-7-9-6-11-9/h2-5,9H,6-7H2,1H3. The summed E-state index contributed by atoms with van der Waals surface area (Å²) in [5.41, 5.74) is 1.38. The molecule has 1 aliphatic heterocycles. The number of thioether (sulfide) groups is 1. The molecule has 0 aliphatic carbocycles. The van der Waals surface area contributed by atoms with E-state index in [4.69, 9.17) is 0 Å². The normalized spacial score (nSPS) is 20.9. The van der Waals surface area contributed by atoms with Crippen molar-refractivity contribution in [2.45, 2.75) is 16.6 Å². The molecule has 0 radical (unpaired) electrons. The van der Waals surface area contributed by atoms with E-state index in [2.05, 4.69) is 43.0 Å². The Labute approximate surface area is 88.2 Å². The van der Waals surface area contributed by atoms with Gasteiger partial charge in [0.05, 0.1) is 0 Å². The van der Waals surface area contributed by atoms with Gasteiger partial charge in [-0.05, 0) is 0 Å². The predicted octanol–water partition coefficient (Wildman–Crippen LogP) is 1.86. The topological polar surface area (TPSA) is 0 Å². The zero-order valence-corrected chi connectivity index (χ0v) is 10.3. The van der Waals surface area contributed by atoms with Crippen molar-refractivity contribution < 1.29 is 0 Å². The first-order valence-electron chi connectivity index (χ1n) is 4.16. The molecule has 1 aromatic carbocycles. The van der Waals surface area contributed by atoms with E-state index in [1.54, 1.807) is 3.61 Å². The van der Waals surface area contributed by atoms with Gasteiger partial charge in [0, 0.05) is 0 Å². The number of hydrogen-bond donors (Lipinski definition) is 0. The van der Waals surface area contributed by atoms with Gasteiger partial charge in [-0.1, -0.05) is 0 Å². The Morgan fingerprint density at radius 3 is 2.67 bits per heavy atom. The summed E-state index contributed by atoms with van der Waals surface area (Å²) in [6.07, 6.45) is 0. The van der Waals surface area contributed by atoms with Gasteiger partial charge in [-0.25, -0.2) is 0 Å². The van der Waals surface area contributed by atoms with Crippen LogP contribution < -0.4 is 3.61 Å². The second-order valence-corrected chi connectivity index (χ2v) is 7.53. The maximum absolute atomic E-state index is 2.31. The number of hydrogen-bond acceptors (Lipinski definition) is 1. The molecule has 1 aliphatic rings. The van der Waals surface area contributed by atoms with E-state index in [-0.39, 0.29) is 20.9 Å². The van der Waals surface area contributed by atoms with Crippen molar-refractivity contribution in [2.24, 2.45) is 0 Å². The molecule has 0 N–H and O–H groups in total. The summed E-state index contributed by atoms with van der Waals surface area (Å²) in [6, 6.07) is 9.09. The second-order valence-electron chi connectivity index (χ2n) is 3.08. The van der Waals surface area contributed by atoms with E-state index in [0.717, 1.165) is 5.25 Å². The van der Waals surface area contributed by atoms with Crippen LogP contribution in [-0.4, -0.2) is 31.9 Å². The van der Waals surface area contributed by atoms with Gasteiger partial charge in [0.25, 0.3) is 0 Å². The molecule has 0 spiro atoms. The summed E-state index contributed by atoms with van der Waals surface area (Å²) in [4.78, 5) is 0. The first-order valence-corrected chi connectivity index (χ1v) is 8.02. The van der Waals surface area contributed by atoms with Crippen LogP contribution in [-0.2, 0) is 0 Å². The fourth-order valence-electron chi connectivity index (χ4n) is 0.988. The summed E-state index contributed by atoms with van der Waals surface area (Å²) in [6.45, 7) is 2.15. The van der Waals surface area contributed by atoms with Gasteiger partial charge in [0.1, 0.15) is 0 Å². The first kappa shape index (κ1) is 8.94. The van der Waals surface area contributed by atoms with Crippen molar-refractivity contribution >= 4 is 36.3 Å². The van der Waals surface area contributed by atoms with Crippen molar-refractivity contribution in [3.05, 3.63) is 29.8 Å². The van der Waals surface area contributed by atoms with Gasteiger partial charge in [-0.15, -0.1) is 0 Å². The molecule has 0 nitrogen and oxygen atoms in total. The Morgan fingerprint density at radius 1 is 1.42 bits per heavy atom. The Bertz CT molecular complexity index is 251. The molecule has 0 amide bonds. The van der Waals surface area contributed by atoms with Crippen molar-refractivity contribution in [3.63, 3.8) is 0 Å². The molecule has 1 heterocycles. The zero-order chi connectivity index (χ0) is 8.39.